The highest BCUT2D eigenvalue weighted by Gasteiger charge is 2.37. The maximum absolute atomic E-state index is 5.02. The summed E-state index contributed by atoms with van der Waals surface area (Å²) in [4.78, 5) is 2.73. The molecule has 2 fully saturated rings. The maximum atomic E-state index is 5.02. The van der Waals surface area contributed by atoms with Gasteiger partial charge in [-0.25, -0.2) is 0 Å². The first-order valence-electron chi connectivity index (χ1n) is 9.57. The highest BCUT2D eigenvalue weighted by Crippen LogP contribution is 2.46. The van der Waals surface area contributed by atoms with E-state index in [2.05, 4.69) is 21.9 Å². The fourth-order valence-electron chi connectivity index (χ4n) is 4.92. The summed E-state index contributed by atoms with van der Waals surface area (Å²) in [6.07, 6.45) is 10.8. The van der Waals surface area contributed by atoms with E-state index in [0.29, 0.717) is 6.04 Å². The molecule has 2 aliphatic carbocycles. The Hall–Kier alpha value is -1.29. The van der Waals surface area contributed by atoms with Gasteiger partial charge in [-0.1, -0.05) is 0 Å². The van der Waals surface area contributed by atoms with Crippen molar-refractivity contribution in [3.8, 4) is 0 Å². The molecule has 1 saturated carbocycles. The molecule has 1 aromatic rings. The molecule has 3 heterocycles. The van der Waals surface area contributed by atoms with Crippen LogP contribution in [0.4, 0.5) is 5.82 Å². The van der Waals surface area contributed by atoms with Crippen LogP contribution in [0.1, 0.15) is 68.7 Å². The number of aromatic nitrogens is 2. The second-order valence-corrected chi connectivity index (χ2v) is 7.97. The zero-order chi connectivity index (χ0) is 15.4. The highest BCUT2D eigenvalue weighted by molar-refractivity contribution is 5.82. The van der Waals surface area contributed by atoms with E-state index < -0.39 is 0 Å². The number of aryl methyl sites for hydroxylation is 1. The van der Waals surface area contributed by atoms with Crippen molar-refractivity contribution < 1.29 is 0 Å². The zero-order valence-corrected chi connectivity index (χ0v) is 14.3. The van der Waals surface area contributed by atoms with Crippen LogP contribution in [0.15, 0.2) is 5.57 Å². The summed E-state index contributed by atoms with van der Waals surface area (Å²) in [5, 5.41) is 8.69. The average molecular weight is 312 g/mol. The van der Waals surface area contributed by atoms with E-state index in [9.17, 15) is 0 Å². The van der Waals surface area contributed by atoms with Crippen molar-refractivity contribution in [3.05, 3.63) is 16.8 Å². The molecule has 124 valence electrons. The summed E-state index contributed by atoms with van der Waals surface area (Å²) >= 11 is 0. The fourth-order valence-corrected chi connectivity index (χ4v) is 4.92. The van der Waals surface area contributed by atoms with E-state index in [1.54, 1.807) is 11.1 Å². The largest absolute Gasteiger partial charge is 0.366 e. The van der Waals surface area contributed by atoms with Crippen LogP contribution >= 0.6 is 0 Å². The van der Waals surface area contributed by atoms with Gasteiger partial charge in [-0.15, -0.1) is 0 Å². The van der Waals surface area contributed by atoms with Crippen LogP contribution in [0, 0.1) is 5.92 Å². The minimum atomic E-state index is 0.557. The molecular formula is C19H28N4. The molecule has 0 unspecified atom stereocenters. The smallest absolute Gasteiger partial charge is 0.132 e. The van der Waals surface area contributed by atoms with Gasteiger partial charge in [0.05, 0.1) is 11.7 Å². The first-order chi connectivity index (χ1) is 11.3. The van der Waals surface area contributed by atoms with E-state index in [-0.39, 0.29) is 0 Å². The van der Waals surface area contributed by atoms with E-state index in [4.69, 9.17) is 5.10 Å². The summed E-state index contributed by atoms with van der Waals surface area (Å²) in [5.74, 6) is 2.25. The first kappa shape index (κ1) is 14.1. The molecule has 1 atom stereocenters. The van der Waals surface area contributed by atoms with Crippen molar-refractivity contribution in [3.63, 3.8) is 0 Å². The van der Waals surface area contributed by atoms with E-state index >= 15 is 0 Å². The Morgan fingerprint density at radius 3 is 2.87 bits per heavy atom. The van der Waals surface area contributed by atoms with Crippen molar-refractivity contribution >= 4 is 11.4 Å². The third kappa shape index (κ3) is 2.34. The molecule has 2 aliphatic heterocycles. The lowest BCUT2D eigenvalue weighted by Gasteiger charge is -2.29. The molecule has 0 radical (unpaired) electrons. The Labute approximate surface area is 138 Å². The van der Waals surface area contributed by atoms with E-state index in [0.717, 1.165) is 12.5 Å². The molecule has 1 saturated heterocycles. The topological polar surface area (TPSA) is 33.1 Å². The summed E-state index contributed by atoms with van der Waals surface area (Å²) in [5.41, 5.74) is 6.17. The molecule has 1 N–H and O–H groups in total. The van der Waals surface area contributed by atoms with Gasteiger partial charge >= 0.3 is 0 Å². The number of hydrogen-bond donors (Lipinski definition) is 1. The van der Waals surface area contributed by atoms with Crippen molar-refractivity contribution in [1.29, 1.82) is 0 Å². The maximum Gasteiger partial charge on any atom is 0.132 e. The minimum absolute atomic E-state index is 0.557. The summed E-state index contributed by atoms with van der Waals surface area (Å²) < 4.78 is 2.11. The van der Waals surface area contributed by atoms with Gasteiger partial charge in [0.1, 0.15) is 5.82 Å². The van der Waals surface area contributed by atoms with Gasteiger partial charge in [-0.3, -0.25) is 9.58 Å². The number of allylic oxidation sites excluding steroid dienone is 1. The van der Waals surface area contributed by atoms with Crippen LogP contribution in [0.5, 0.6) is 0 Å². The van der Waals surface area contributed by atoms with Gasteiger partial charge in [0, 0.05) is 25.7 Å². The number of likely N-dealkylation sites (tertiary alicyclic amines) is 1. The van der Waals surface area contributed by atoms with Gasteiger partial charge in [-0.2, -0.15) is 5.10 Å². The molecule has 4 heteroatoms. The van der Waals surface area contributed by atoms with Crippen LogP contribution in [-0.4, -0.2) is 34.3 Å². The summed E-state index contributed by atoms with van der Waals surface area (Å²) in [6.45, 7) is 3.61. The molecule has 0 aromatic carbocycles. The standard InChI is InChI=1S/C19H28N4/c1-22-19-17(15-6-3-2-5-14(15)11-20-19)18(21-22)16-7-4-10-23(16)12-13-8-9-13/h13,16,20H,2-12H2,1H3/t16-/m1/s1. The van der Waals surface area contributed by atoms with Crippen LogP contribution in [0.25, 0.3) is 5.57 Å². The molecule has 0 spiro atoms. The third-order valence-electron chi connectivity index (χ3n) is 6.30. The molecule has 0 bridgehead atoms. The number of fused-ring (bicyclic) bond motifs is 2. The zero-order valence-electron chi connectivity index (χ0n) is 14.3. The Balaban J connectivity index is 1.55. The fraction of sp³-hybridized carbons (Fsp3) is 0.737. The average Bonchev–Trinajstić information content (AvgIpc) is 3.16. The predicted octanol–water partition coefficient (Wildman–Crippen LogP) is 3.72. The molecule has 5 rings (SSSR count). The molecule has 0 amide bonds. The van der Waals surface area contributed by atoms with Gasteiger partial charge in [0.15, 0.2) is 0 Å². The Morgan fingerprint density at radius 1 is 1.13 bits per heavy atom. The summed E-state index contributed by atoms with van der Waals surface area (Å²) in [7, 11) is 2.11. The van der Waals surface area contributed by atoms with Crippen LogP contribution in [0.2, 0.25) is 0 Å². The van der Waals surface area contributed by atoms with Crippen molar-refractivity contribution in [2.45, 2.75) is 57.4 Å². The second-order valence-electron chi connectivity index (χ2n) is 7.97. The number of anilines is 1. The van der Waals surface area contributed by atoms with Gasteiger partial charge in [0.25, 0.3) is 0 Å². The Kier molecular flexibility index (Phi) is 3.29. The lowest BCUT2D eigenvalue weighted by molar-refractivity contribution is 0.241. The lowest BCUT2D eigenvalue weighted by Crippen LogP contribution is -2.27. The van der Waals surface area contributed by atoms with E-state index in [1.807, 2.05) is 0 Å². The number of nitrogens with one attached hydrogen (secondary N) is 1. The molecule has 1 aromatic heterocycles. The second kappa shape index (κ2) is 5.37. The van der Waals surface area contributed by atoms with Crippen molar-refractivity contribution in [2.24, 2.45) is 13.0 Å². The first-order valence-corrected chi connectivity index (χ1v) is 9.57. The Morgan fingerprint density at radius 2 is 2.00 bits per heavy atom. The molecule has 4 aliphatic rings. The third-order valence-corrected chi connectivity index (χ3v) is 6.30. The highest BCUT2D eigenvalue weighted by atomic mass is 15.3. The van der Waals surface area contributed by atoms with Crippen LogP contribution in [-0.2, 0) is 7.05 Å². The van der Waals surface area contributed by atoms with Crippen molar-refractivity contribution in [1.82, 2.24) is 14.7 Å². The lowest BCUT2D eigenvalue weighted by atomic mass is 9.84. The normalized spacial score (nSPS) is 27.8. The van der Waals surface area contributed by atoms with Crippen LogP contribution in [0.3, 0.4) is 0 Å². The van der Waals surface area contributed by atoms with Gasteiger partial charge < -0.3 is 5.32 Å². The monoisotopic (exact) mass is 312 g/mol. The van der Waals surface area contributed by atoms with E-state index in [1.165, 1.54) is 81.5 Å². The predicted molar refractivity (Wildman–Crippen MR) is 93.4 cm³/mol. The number of nitrogens with zero attached hydrogens (tertiary/aromatic N) is 3. The quantitative estimate of drug-likeness (QED) is 0.923. The minimum Gasteiger partial charge on any atom is -0.366 e. The van der Waals surface area contributed by atoms with Crippen LogP contribution < -0.4 is 5.32 Å². The molecule has 4 nitrogen and oxygen atoms in total. The SMILES string of the molecule is Cn1nc([C@H]2CCCN2CC2CC2)c2c1NCC1=C2CCCC1. The summed E-state index contributed by atoms with van der Waals surface area (Å²) in [6, 6.07) is 0.557. The number of rotatable bonds is 3. The van der Waals surface area contributed by atoms with Gasteiger partial charge in [-0.05, 0) is 75.0 Å². The van der Waals surface area contributed by atoms with Crippen molar-refractivity contribution in [2.75, 3.05) is 25.0 Å². The number of hydrogen-bond acceptors (Lipinski definition) is 3. The molecule has 23 heavy (non-hydrogen) atoms. The molecular weight excluding hydrogens is 284 g/mol. The Bertz CT molecular complexity index is 653. The van der Waals surface area contributed by atoms with Gasteiger partial charge in [0.2, 0.25) is 0 Å².